The van der Waals surface area contributed by atoms with Crippen LogP contribution in [0.2, 0.25) is 0 Å². The van der Waals surface area contributed by atoms with Crippen molar-refractivity contribution < 1.29 is 0 Å². The molecule has 1 fully saturated rings. The van der Waals surface area contributed by atoms with E-state index >= 15 is 0 Å². The van der Waals surface area contributed by atoms with Gasteiger partial charge in [-0.3, -0.25) is 0 Å². The summed E-state index contributed by atoms with van der Waals surface area (Å²) in [5, 5.41) is 6.96. The fourth-order valence-electron chi connectivity index (χ4n) is 2.88. The fraction of sp³-hybridized carbons (Fsp3) is 0.294. The average molecular weight is 256 g/mol. The highest BCUT2D eigenvalue weighted by atomic mass is 32.2. The lowest BCUT2D eigenvalue weighted by atomic mass is 9.93. The maximum absolute atomic E-state index is 2.36. The van der Waals surface area contributed by atoms with Crippen molar-refractivity contribution in [1.29, 1.82) is 0 Å². The van der Waals surface area contributed by atoms with Gasteiger partial charge in [0.2, 0.25) is 0 Å². The molecule has 0 atom stereocenters. The van der Waals surface area contributed by atoms with E-state index in [0.717, 1.165) is 5.92 Å². The Balaban J connectivity index is 1.82. The molecular weight excluding hydrogens is 236 g/mol. The van der Waals surface area contributed by atoms with Gasteiger partial charge < -0.3 is 0 Å². The van der Waals surface area contributed by atoms with Gasteiger partial charge in [0.1, 0.15) is 0 Å². The monoisotopic (exact) mass is 256 g/mol. The molecule has 0 saturated heterocycles. The standard InChI is InChI=1S/C17H20S/c1-2-8-15(7-1)17-10-4-3-9-16(17)11-14-18-12-5-6-13-18/h3-6,9-15,18H,1-2,7-8H2. The van der Waals surface area contributed by atoms with Gasteiger partial charge in [0.25, 0.3) is 0 Å². The number of hydrogen-bond donors (Lipinski definition) is 1. The Hall–Kier alpha value is -1.21. The van der Waals surface area contributed by atoms with Crippen LogP contribution in [0.5, 0.6) is 0 Å². The van der Waals surface area contributed by atoms with Crippen LogP contribution >= 0.6 is 10.9 Å². The van der Waals surface area contributed by atoms with E-state index in [1.807, 2.05) is 0 Å². The van der Waals surface area contributed by atoms with Gasteiger partial charge in [-0.25, -0.2) is 0 Å². The van der Waals surface area contributed by atoms with Gasteiger partial charge >= 0.3 is 0 Å². The van der Waals surface area contributed by atoms with Crippen molar-refractivity contribution >= 4 is 17.0 Å². The molecule has 1 aliphatic heterocycles. The molecule has 1 aliphatic carbocycles. The van der Waals surface area contributed by atoms with E-state index in [2.05, 4.69) is 58.7 Å². The van der Waals surface area contributed by atoms with Crippen LogP contribution in [0.1, 0.15) is 42.7 Å². The van der Waals surface area contributed by atoms with Gasteiger partial charge in [-0.15, -0.1) is 0 Å². The van der Waals surface area contributed by atoms with Crippen molar-refractivity contribution in [3.05, 3.63) is 63.8 Å². The first-order chi connectivity index (χ1) is 8.93. The van der Waals surface area contributed by atoms with Crippen LogP contribution in [-0.2, 0) is 0 Å². The van der Waals surface area contributed by atoms with E-state index in [9.17, 15) is 0 Å². The maximum Gasteiger partial charge on any atom is -0.0156 e. The summed E-state index contributed by atoms with van der Waals surface area (Å²) in [5.41, 5.74) is 2.99. The Bertz CT molecular complexity index is 478. The Morgan fingerprint density at radius 3 is 2.50 bits per heavy atom. The topological polar surface area (TPSA) is 0 Å². The van der Waals surface area contributed by atoms with Crippen molar-refractivity contribution in [2.24, 2.45) is 0 Å². The second kappa shape index (κ2) is 5.62. The summed E-state index contributed by atoms with van der Waals surface area (Å²) < 4.78 is 0. The predicted octanol–water partition coefficient (Wildman–Crippen LogP) is 5.36. The Morgan fingerprint density at radius 2 is 1.72 bits per heavy atom. The highest BCUT2D eigenvalue weighted by molar-refractivity contribution is 8.24. The zero-order valence-electron chi connectivity index (χ0n) is 10.6. The normalized spacial score (nSPS) is 21.4. The molecule has 0 unspecified atom stereocenters. The summed E-state index contributed by atoms with van der Waals surface area (Å²) >= 11 is 0. The molecule has 1 heterocycles. The maximum atomic E-state index is 2.36. The lowest BCUT2D eigenvalue weighted by molar-refractivity contribution is 0.722. The third-order valence-electron chi connectivity index (χ3n) is 3.84. The second-order valence-electron chi connectivity index (χ2n) is 5.06. The third-order valence-corrected chi connectivity index (χ3v) is 5.37. The van der Waals surface area contributed by atoms with Crippen LogP contribution in [0.4, 0.5) is 0 Å². The Morgan fingerprint density at radius 1 is 1.00 bits per heavy atom. The van der Waals surface area contributed by atoms with Gasteiger partial charge in [0, 0.05) is 0 Å². The van der Waals surface area contributed by atoms with Gasteiger partial charge in [0.05, 0.1) is 0 Å². The molecule has 1 aromatic carbocycles. The molecule has 0 aromatic heterocycles. The largest absolute Gasteiger partial charge is 0.193 e. The average Bonchev–Trinajstić information content (AvgIpc) is 3.10. The van der Waals surface area contributed by atoms with Crippen LogP contribution in [-0.4, -0.2) is 0 Å². The molecule has 0 radical (unpaired) electrons. The number of allylic oxidation sites excluding steroid dienone is 2. The first-order valence-corrected chi connectivity index (χ1v) is 8.38. The summed E-state index contributed by atoms with van der Waals surface area (Å²) in [7, 11) is -0.135. The van der Waals surface area contributed by atoms with E-state index in [1.165, 1.54) is 31.2 Å². The minimum absolute atomic E-state index is 0.135. The molecule has 0 spiro atoms. The van der Waals surface area contributed by atoms with Crippen LogP contribution < -0.4 is 0 Å². The molecular formula is C17H20S. The van der Waals surface area contributed by atoms with Crippen molar-refractivity contribution in [2.75, 3.05) is 0 Å². The quantitative estimate of drug-likeness (QED) is 0.692. The van der Waals surface area contributed by atoms with E-state index in [4.69, 9.17) is 0 Å². The van der Waals surface area contributed by atoms with Crippen LogP contribution in [0, 0.1) is 0 Å². The summed E-state index contributed by atoms with van der Waals surface area (Å²) in [6.07, 6.45) is 12.2. The first kappa shape index (κ1) is 11.9. The van der Waals surface area contributed by atoms with Crippen LogP contribution in [0.15, 0.2) is 52.6 Å². The zero-order valence-corrected chi connectivity index (χ0v) is 11.5. The van der Waals surface area contributed by atoms with Crippen molar-refractivity contribution in [1.82, 2.24) is 0 Å². The third kappa shape index (κ3) is 2.62. The van der Waals surface area contributed by atoms with Gasteiger partial charge in [0.15, 0.2) is 0 Å². The molecule has 94 valence electrons. The zero-order chi connectivity index (χ0) is 12.2. The van der Waals surface area contributed by atoms with Crippen LogP contribution in [0.3, 0.4) is 0 Å². The van der Waals surface area contributed by atoms with E-state index < -0.39 is 0 Å². The molecule has 2 aliphatic rings. The van der Waals surface area contributed by atoms with E-state index in [1.54, 1.807) is 5.56 Å². The van der Waals surface area contributed by atoms with Gasteiger partial charge in [-0.05, 0) is 52.2 Å². The summed E-state index contributed by atoms with van der Waals surface area (Å²) in [4.78, 5) is 0. The van der Waals surface area contributed by atoms with Crippen molar-refractivity contribution in [3.8, 4) is 0 Å². The summed E-state index contributed by atoms with van der Waals surface area (Å²) in [5.74, 6) is 0.799. The molecule has 0 amide bonds. The minimum Gasteiger partial charge on any atom is -0.193 e. The number of thiol groups is 1. The summed E-state index contributed by atoms with van der Waals surface area (Å²) in [6, 6.07) is 8.93. The highest BCUT2D eigenvalue weighted by Gasteiger charge is 2.18. The highest BCUT2D eigenvalue weighted by Crippen LogP contribution is 2.38. The second-order valence-corrected chi connectivity index (χ2v) is 6.85. The minimum atomic E-state index is -0.135. The molecule has 1 heteroatoms. The first-order valence-electron chi connectivity index (χ1n) is 6.83. The molecule has 18 heavy (non-hydrogen) atoms. The lowest BCUT2D eigenvalue weighted by Crippen LogP contribution is -1.94. The van der Waals surface area contributed by atoms with E-state index in [0.29, 0.717) is 0 Å². The predicted molar refractivity (Wildman–Crippen MR) is 84.0 cm³/mol. The molecule has 0 nitrogen and oxygen atoms in total. The van der Waals surface area contributed by atoms with Gasteiger partial charge in [-0.1, -0.05) is 49.3 Å². The molecule has 0 N–H and O–H groups in total. The SMILES string of the molecule is C1=C[SH](C=Cc2ccccc2C2CCCC2)C=C1. The molecule has 1 aromatic rings. The number of rotatable bonds is 3. The number of hydrogen-bond acceptors (Lipinski definition) is 0. The van der Waals surface area contributed by atoms with Crippen molar-refractivity contribution in [3.63, 3.8) is 0 Å². The van der Waals surface area contributed by atoms with Crippen LogP contribution in [0.25, 0.3) is 6.08 Å². The lowest BCUT2D eigenvalue weighted by Gasteiger charge is -2.13. The molecule has 0 bridgehead atoms. The molecule has 1 saturated carbocycles. The summed E-state index contributed by atoms with van der Waals surface area (Å²) in [6.45, 7) is 0. The van der Waals surface area contributed by atoms with Crippen molar-refractivity contribution in [2.45, 2.75) is 31.6 Å². The smallest absolute Gasteiger partial charge is 0.0156 e. The fourth-order valence-corrected chi connectivity index (χ4v) is 4.11. The Kier molecular flexibility index (Phi) is 3.70. The molecule has 3 rings (SSSR count). The number of benzene rings is 1. The van der Waals surface area contributed by atoms with E-state index in [-0.39, 0.29) is 10.9 Å². The Labute approximate surface area is 112 Å². The van der Waals surface area contributed by atoms with Gasteiger partial charge in [-0.2, -0.15) is 10.9 Å².